The number of aromatic nitrogens is 3. The molecule has 8 nitrogen and oxygen atoms in total. The number of methoxy groups -OCH3 is 1. The van der Waals surface area contributed by atoms with Crippen LogP contribution in [0, 0.1) is 13.8 Å². The Morgan fingerprint density at radius 1 is 1.28 bits per heavy atom. The number of rotatable bonds is 6. The minimum Gasteiger partial charge on any atom is -0.383 e. The first-order valence-corrected chi connectivity index (χ1v) is 12.5. The predicted molar refractivity (Wildman–Crippen MR) is 124 cm³/mol. The zero-order valence-electron chi connectivity index (χ0n) is 18.8. The number of hydrogen-bond acceptors (Lipinski definition) is 6. The van der Waals surface area contributed by atoms with Crippen molar-refractivity contribution in [3.8, 4) is 11.3 Å². The number of benzene rings is 1. The Bertz CT molecular complexity index is 1270. The van der Waals surface area contributed by atoms with E-state index >= 15 is 0 Å². The van der Waals surface area contributed by atoms with Gasteiger partial charge in [-0.25, -0.2) is 18.1 Å². The van der Waals surface area contributed by atoms with Gasteiger partial charge in [0.1, 0.15) is 0 Å². The number of carbonyl (C=O) groups excluding carboxylic acids is 1. The van der Waals surface area contributed by atoms with Gasteiger partial charge >= 0.3 is 0 Å². The highest BCUT2D eigenvalue weighted by Crippen LogP contribution is 2.32. The smallest absolute Gasteiger partial charge is 0.252 e. The van der Waals surface area contributed by atoms with E-state index in [2.05, 4.69) is 10.4 Å². The van der Waals surface area contributed by atoms with Crippen LogP contribution in [0.4, 0.5) is 0 Å². The van der Waals surface area contributed by atoms with Crippen LogP contribution in [0.3, 0.4) is 0 Å². The average Bonchev–Trinajstić information content (AvgIpc) is 3.27. The molecular weight excluding hydrogens is 428 g/mol. The van der Waals surface area contributed by atoms with Gasteiger partial charge in [-0.1, -0.05) is 29.8 Å². The summed E-state index contributed by atoms with van der Waals surface area (Å²) >= 11 is 0. The number of fused-ring (bicyclic) bond motifs is 1. The third-order valence-corrected chi connectivity index (χ3v) is 7.53. The van der Waals surface area contributed by atoms with Crippen LogP contribution in [0.2, 0.25) is 0 Å². The molecule has 1 amide bonds. The largest absolute Gasteiger partial charge is 0.383 e. The first-order chi connectivity index (χ1) is 15.2. The van der Waals surface area contributed by atoms with E-state index in [0.29, 0.717) is 41.0 Å². The molecule has 0 saturated carbocycles. The van der Waals surface area contributed by atoms with E-state index in [0.717, 1.165) is 11.1 Å². The molecule has 170 valence electrons. The molecule has 3 heterocycles. The van der Waals surface area contributed by atoms with Crippen molar-refractivity contribution in [2.45, 2.75) is 39.3 Å². The van der Waals surface area contributed by atoms with Crippen LogP contribution in [0.1, 0.15) is 41.0 Å². The van der Waals surface area contributed by atoms with Crippen LogP contribution < -0.4 is 5.32 Å². The van der Waals surface area contributed by atoms with Crippen molar-refractivity contribution in [2.24, 2.45) is 0 Å². The number of hydrogen-bond donors (Lipinski definition) is 1. The Kier molecular flexibility index (Phi) is 6.05. The highest BCUT2D eigenvalue weighted by Gasteiger charge is 2.32. The van der Waals surface area contributed by atoms with Crippen molar-refractivity contribution in [1.29, 1.82) is 0 Å². The summed E-state index contributed by atoms with van der Waals surface area (Å²) in [5.74, 6) is -0.0686. The molecule has 4 rings (SSSR count). The Morgan fingerprint density at radius 2 is 2.00 bits per heavy atom. The molecule has 9 heteroatoms. The molecule has 1 fully saturated rings. The van der Waals surface area contributed by atoms with Crippen LogP contribution >= 0.6 is 0 Å². The van der Waals surface area contributed by atoms with E-state index in [-0.39, 0.29) is 29.5 Å². The summed E-state index contributed by atoms with van der Waals surface area (Å²) in [7, 11) is -1.51. The molecule has 1 N–H and O–H groups in total. The minimum atomic E-state index is -3.10. The van der Waals surface area contributed by atoms with Gasteiger partial charge in [-0.2, -0.15) is 5.10 Å². The lowest BCUT2D eigenvalue weighted by Crippen LogP contribution is -2.35. The third-order valence-electron chi connectivity index (χ3n) is 5.78. The lowest BCUT2D eigenvalue weighted by Gasteiger charge is -2.15. The third kappa shape index (κ3) is 4.40. The maximum absolute atomic E-state index is 13.2. The molecule has 0 aliphatic carbocycles. The summed E-state index contributed by atoms with van der Waals surface area (Å²) in [4.78, 5) is 18.1. The Balaban J connectivity index is 1.88. The molecule has 2 unspecified atom stereocenters. The van der Waals surface area contributed by atoms with E-state index < -0.39 is 9.84 Å². The quantitative estimate of drug-likeness (QED) is 0.612. The second kappa shape index (κ2) is 8.63. The maximum atomic E-state index is 13.2. The minimum absolute atomic E-state index is 0.0338. The number of nitrogens with one attached hydrogen (secondary N) is 1. The van der Waals surface area contributed by atoms with Gasteiger partial charge in [0.15, 0.2) is 15.5 Å². The summed E-state index contributed by atoms with van der Waals surface area (Å²) in [6.45, 7) is 6.10. The van der Waals surface area contributed by atoms with Gasteiger partial charge in [-0.15, -0.1) is 0 Å². The molecule has 0 bridgehead atoms. The molecular formula is C23H28N4O4S. The highest BCUT2D eigenvalue weighted by atomic mass is 32.2. The number of amides is 1. The van der Waals surface area contributed by atoms with Gasteiger partial charge in [0.2, 0.25) is 0 Å². The number of sulfone groups is 1. The normalized spacial score (nSPS) is 18.7. The van der Waals surface area contributed by atoms with Gasteiger partial charge in [0.25, 0.3) is 5.91 Å². The number of carbonyl (C=O) groups is 1. The van der Waals surface area contributed by atoms with Crippen LogP contribution in [-0.2, 0) is 14.6 Å². The SMILES string of the molecule is COCC(C)NC(=O)c1cc(-c2ccc(C)cc2)nc2c1c(C)nn2C1CCS(=O)(=O)C1. The van der Waals surface area contributed by atoms with Crippen LogP contribution in [0.25, 0.3) is 22.3 Å². The van der Waals surface area contributed by atoms with Crippen molar-refractivity contribution in [2.75, 3.05) is 25.2 Å². The van der Waals surface area contributed by atoms with Crippen LogP contribution in [0.15, 0.2) is 30.3 Å². The number of nitrogens with zero attached hydrogens (tertiary/aromatic N) is 3. The van der Waals surface area contributed by atoms with Gasteiger partial charge in [0, 0.05) is 18.7 Å². The van der Waals surface area contributed by atoms with Gasteiger partial charge in [0.05, 0.1) is 46.5 Å². The van der Waals surface area contributed by atoms with Crippen molar-refractivity contribution in [1.82, 2.24) is 20.1 Å². The van der Waals surface area contributed by atoms with Crippen molar-refractivity contribution >= 4 is 26.8 Å². The summed E-state index contributed by atoms with van der Waals surface area (Å²) in [6.07, 6.45) is 0.487. The number of ether oxygens (including phenoxy) is 1. The molecule has 2 aromatic heterocycles. The Labute approximate surface area is 187 Å². The molecule has 0 spiro atoms. The molecule has 1 aromatic carbocycles. The lowest BCUT2D eigenvalue weighted by molar-refractivity contribution is 0.0907. The summed E-state index contributed by atoms with van der Waals surface area (Å²) in [5, 5.41) is 8.25. The number of aryl methyl sites for hydroxylation is 2. The molecule has 1 aliphatic heterocycles. The first kappa shape index (κ1) is 22.4. The molecule has 2 atom stereocenters. The average molecular weight is 457 g/mol. The fourth-order valence-electron chi connectivity index (χ4n) is 4.18. The molecule has 3 aromatic rings. The number of pyridine rings is 1. The first-order valence-electron chi connectivity index (χ1n) is 10.7. The molecule has 1 saturated heterocycles. The zero-order valence-corrected chi connectivity index (χ0v) is 19.6. The van der Waals surface area contributed by atoms with Crippen LogP contribution in [-0.4, -0.2) is 60.4 Å². The predicted octanol–water partition coefficient (Wildman–Crippen LogP) is 2.84. The van der Waals surface area contributed by atoms with E-state index in [9.17, 15) is 13.2 Å². The van der Waals surface area contributed by atoms with E-state index in [4.69, 9.17) is 9.72 Å². The standard InChI is InChI=1S/C23H28N4O4S/c1-14-5-7-17(8-6-14)20-11-19(23(28)24-15(2)12-31-4)21-16(3)26-27(22(21)25-20)18-9-10-32(29,30)13-18/h5-8,11,15,18H,9-10,12-13H2,1-4H3,(H,24,28). The molecule has 32 heavy (non-hydrogen) atoms. The van der Waals surface area contributed by atoms with Crippen molar-refractivity contribution in [3.05, 3.63) is 47.2 Å². The topological polar surface area (TPSA) is 103 Å². The summed E-state index contributed by atoms with van der Waals surface area (Å²) in [5.41, 5.74) is 4.30. The lowest BCUT2D eigenvalue weighted by atomic mass is 10.0. The second-order valence-electron chi connectivity index (χ2n) is 8.54. The van der Waals surface area contributed by atoms with E-state index in [1.807, 2.05) is 45.0 Å². The van der Waals surface area contributed by atoms with Crippen molar-refractivity contribution in [3.63, 3.8) is 0 Å². The second-order valence-corrected chi connectivity index (χ2v) is 10.8. The van der Waals surface area contributed by atoms with Gasteiger partial charge < -0.3 is 10.1 Å². The fraction of sp³-hybridized carbons (Fsp3) is 0.435. The van der Waals surface area contributed by atoms with E-state index in [1.54, 1.807) is 17.9 Å². The van der Waals surface area contributed by atoms with Gasteiger partial charge in [-0.3, -0.25) is 4.79 Å². The molecule has 0 radical (unpaired) electrons. The highest BCUT2D eigenvalue weighted by molar-refractivity contribution is 7.91. The van der Waals surface area contributed by atoms with Gasteiger partial charge in [-0.05, 0) is 33.3 Å². The summed E-state index contributed by atoms with van der Waals surface area (Å²) < 4.78 is 31.0. The fourth-order valence-corrected chi connectivity index (χ4v) is 5.87. The van der Waals surface area contributed by atoms with E-state index in [1.165, 1.54) is 0 Å². The van der Waals surface area contributed by atoms with Crippen molar-refractivity contribution < 1.29 is 17.9 Å². The zero-order chi connectivity index (χ0) is 23.0. The van der Waals surface area contributed by atoms with Crippen LogP contribution in [0.5, 0.6) is 0 Å². The maximum Gasteiger partial charge on any atom is 0.252 e. The Morgan fingerprint density at radius 3 is 2.62 bits per heavy atom. The monoisotopic (exact) mass is 456 g/mol. The summed E-state index contributed by atoms with van der Waals surface area (Å²) in [6, 6.07) is 9.24. The molecule has 1 aliphatic rings. The Hall–Kier alpha value is -2.78.